The molecule has 1 fully saturated rings. The van der Waals surface area contributed by atoms with E-state index in [-0.39, 0.29) is 35.1 Å². The number of benzene rings is 1. The summed E-state index contributed by atoms with van der Waals surface area (Å²) in [5, 5.41) is 3.03. The lowest BCUT2D eigenvalue weighted by Crippen LogP contribution is -2.25. The molecule has 3 aromatic heterocycles. The molecule has 1 amide bonds. The third-order valence-electron chi connectivity index (χ3n) is 7.35. The van der Waals surface area contributed by atoms with Crippen molar-refractivity contribution in [2.75, 3.05) is 13.6 Å². The Morgan fingerprint density at radius 1 is 1.18 bits per heavy atom. The molecule has 0 spiro atoms. The third kappa shape index (κ3) is 5.45. The predicted octanol–water partition coefficient (Wildman–Crippen LogP) is 5.29. The standard InChI is InChI=1S/C29H23F5N4O5S/c1-42-23-5-4-21(38-26(23)19-9-29(19,33)34)20-3-2-14-10-35-16(8-22(14)37-20)11-36-28(39)15-6-17(27(31)32)18-12-43-13-25(30)44(40,41)24(18)7-15/h2-8,10,19,25,27H,9,11-13H2,1H3,(H,36,39)/t19?,25-/m1/s1/i1D3. The minimum atomic E-state index is -4.71. The smallest absolute Gasteiger partial charge is 0.264 e. The number of aromatic nitrogens is 3. The summed E-state index contributed by atoms with van der Waals surface area (Å²) in [6.45, 7) is -1.66. The van der Waals surface area contributed by atoms with E-state index in [9.17, 15) is 35.2 Å². The Bertz CT molecular complexity index is 2020. The van der Waals surface area contributed by atoms with Crippen molar-refractivity contribution in [3.63, 3.8) is 0 Å². The highest BCUT2D eigenvalue weighted by Gasteiger charge is 2.59. The Morgan fingerprint density at radius 2 is 1.93 bits per heavy atom. The summed E-state index contributed by atoms with van der Waals surface area (Å²) >= 11 is 0. The molecule has 1 N–H and O–H groups in total. The van der Waals surface area contributed by atoms with Crippen LogP contribution in [0.15, 0.2) is 53.6 Å². The number of fused-ring (bicyclic) bond motifs is 2. The number of hydrogen-bond donors (Lipinski definition) is 1. The molecular formula is C29H23F5N4O5S. The maximum atomic E-state index is 14.3. The van der Waals surface area contributed by atoms with Crippen molar-refractivity contribution < 1.29 is 48.8 Å². The average Bonchev–Trinajstić information content (AvgIpc) is 3.67. The number of pyridine rings is 3. The molecule has 1 unspecified atom stereocenters. The molecule has 2 aliphatic rings. The van der Waals surface area contributed by atoms with E-state index in [1.807, 2.05) is 0 Å². The van der Waals surface area contributed by atoms with Crippen molar-refractivity contribution in [1.29, 1.82) is 0 Å². The number of hydrogen-bond acceptors (Lipinski definition) is 8. The monoisotopic (exact) mass is 637 g/mol. The van der Waals surface area contributed by atoms with Crippen LogP contribution in [0.25, 0.3) is 22.3 Å². The highest BCUT2D eigenvalue weighted by molar-refractivity contribution is 7.92. The first-order valence-corrected chi connectivity index (χ1v) is 14.6. The molecule has 4 aromatic rings. The number of carbonyl (C=O) groups excluding carboxylic acids is 1. The van der Waals surface area contributed by atoms with Crippen molar-refractivity contribution in [1.82, 2.24) is 20.3 Å². The minimum absolute atomic E-state index is 0.170. The molecule has 6 rings (SSSR count). The van der Waals surface area contributed by atoms with Gasteiger partial charge in [0.2, 0.25) is 15.3 Å². The molecule has 1 aliphatic carbocycles. The van der Waals surface area contributed by atoms with Gasteiger partial charge in [-0.15, -0.1) is 0 Å². The molecule has 230 valence electrons. The van der Waals surface area contributed by atoms with E-state index >= 15 is 0 Å². The fourth-order valence-corrected chi connectivity index (χ4v) is 6.27. The molecule has 44 heavy (non-hydrogen) atoms. The molecule has 0 radical (unpaired) electrons. The quantitative estimate of drug-likeness (QED) is 0.272. The molecule has 9 nitrogen and oxygen atoms in total. The second-order valence-corrected chi connectivity index (χ2v) is 12.3. The van der Waals surface area contributed by atoms with Crippen LogP contribution in [-0.4, -0.2) is 54.3 Å². The summed E-state index contributed by atoms with van der Waals surface area (Å²) in [5.74, 6) is -5.59. The zero-order chi connectivity index (χ0) is 33.9. The highest BCUT2D eigenvalue weighted by Crippen LogP contribution is 2.57. The van der Waals surface area contributed by atoms with Crippen LogP contribution in [-0.2, 0) is 27.7 Å². The number of amides is 1. The Kier molecular flexibility index (Phi) is 6.57. The van der Waals surface area contributed by atoms with E-state index in [2.05, 4.69) is 20.3 Å². The van der Waals surface area contributed by atoms with Gasteiger partial charge in [-0.2, -0.15) is 0 Å². The summed E-state index contributed by atoms with van der Waals surface area (Å²) in [5.41, 5.74) is -3.29. The maximum absolute atomic E-state index is 14.3. The average molecular weight is 638 g/mol. The summed E-state index contributed by atoms with van der Waals surface area (Å²) in [7, 11) is -7.59. The van der Waals surface area contributed by atoms with E-state index in [1.165, 1.54) is 24.4 Å². The molecule has 15 heteroatoms. The lowest BCUT2D eigenvalue weighted by molar-refractivity contribution is 0.0914. The number of halogens is 5. The van der Waals surface area contributed by atoms with Gasteiger partial charge in [0.15, 0.2) is 0 Å². The summed E-state index contributed by atoms with van der Waals surface area (Å²) in [6, 6.07) is 8.98. The fraction of sp³-hybridized carbons (Fsp3) is 0.310. The van der Waals surface area contributed by atoms with Gasteiger partial charge in [-0.3, -0.25) is 9.78 Å². The lowest BCUT2D eigenvalue weighted by atomic mass is 10.0. The number of ether oxygens (including phenoxy) is 2. The number of rotatable bonds is 7. The van der Waals surface area contributed by atoms with Gasteiger partial charge < -0.3 is 14.8 Å². The molecule has 0 saturated heterocycles. The first-order valence-electron chi connectivity index (χ1n) is 14.6. The molecule has 4 heterocycles. The predicted molar refractivity (Wildman–Crippen MR) is 146 cm³/mol. The molecule has 1 aromatic carbocycles. The summed E-state index contributed by atoms with van der Waals surface area (Å²) < 4.78 is 127. The summed E-state index contributed by atoms with van der Waals surface area (Å²) in [6.07, 6.45) is -2.25. The van der Waals surface area contributed by atoms with E-state index in [0.29, 0.717) is 10.9 Å². The summed E-state index contributed by atoms with van der Waals surface area (Å²) in [4.78, 5) is 25.3. The zero-order valence-corrected chi connectivity index (χ0v) is 23.2. The number of methoxy groups -OCH3 is 1. The van der Waals surface area contributed by atoms with Crippen LogP contribution in [0.3, 0.4) is 0 Å². The number of alkyl halides is 5. The van der Waals surface area contributed by atoms with E-state index in [1.54, 1.807) is 12.1 Å². The van der Waals surface area contributed by atoms with E-state index < -0.39 is 87.8 Å². The van der Waals surface area contributed by atoms with Crippen LogP contribution in [0.4, 0.5) is 22.0 Å². The largest absolute Gasteiger partial charge is 0.495 e. The van der Waals surface area contributed by atoms with Gasteiger partial charge in [-0.05, 0) is 42.5 Å². The SMILES string of the molecule is [2H]C([2H])([2H])Oc1ccc(-c2ccc3cnc(CNC(=O)c4cc(C(F)F)c5c(c4)S(=O)(=O)[C@@H](F)COC5)cc3n2)nc1C1CC1(F)F. The van der Waals surface area contributed by atoms with Gasteiger partial charge in [0, 0.05) is 34.7 Å². The van der Waals surface area contributed by atoms with Gasteiger partial charge in [-0.25, -0.2) is 40.3 Å². The first-order chi connectivity index (χ1) is 22.0. The Morgan fingerprint density at radius 3 is 2.66 bits per heavy atom. The Balaban J connectivity index is 1.26. The molecule has 1 aliphatic heterocycles. The Hall–Kier alpha value is -4.24. The third-order valence-corrected chi connectivity index (χ3v) is 9.14. The fourth-order valence-electron chi connectivity index (χ4n) is 4.90. The van der Waals surface area contributed by atoms with Crippen LogP contribution < -0.4 is 10.1 Å². The topological polar surface area (TPSA) is 120 Å². The Labute approximate surface area is 251 Å². The number of nitrogens with one attached hydrogen (secondary N) is 1. The van der Waals surface area contributed by atoms with E-state index in [4.69, 9.17) is 13.6 Å². The van der Waals surface area contributed by atoms with Crippen molar-refractivity contribution >= 4 is 26.6 Å². The van der Waals surface area contributed by atoms with Gasteiger partial charge in [-0.1, -0.05) is 0 Å². The van der Waals surface area contributed by atoms with Crippen LogP contribution in [0.2, 0.25) is 0 Å². The van der Waals surface area contributed by atoms with Gasteiger partial charge in [0.1, 0.15) is 5.75 Å². The van der Waals surface area contributed by atoms with Crippen molar-refractivity contribution in [2.45, 2.75) is 48.2 Å². The van der Waals surface area contributed by atoms with E-state index in [0.717, 1.165) is 12.1 Å². The molecule has 0 bridgehead atoms. The highest BCUT2D eigenvalue weighted by atomic mass is 32.2. The maximum Gasteiger partial charge on any atom is 0.264 e. The number of carbonyl (C=O) groups is 1. The molecule has 2 atom stereocenters. The van der Waals surface area contributed by atoms with Crippen molar-refractivity contribution in [3.05, 3.63) is 76.7 Å². The van der Waals surface area contributed by atoms with Gasteiger partial charge in [0.25, 0.3) is 18.3 Å². The van der Waals surface area contributed by atoms with Crippen LogP contribution in [0.5, 0.6) is 5.75 Å². The number of nitrogens with zero attached hydrogens (tertiary/aromatic N) is 3. The minimum Gasteiger partial charge on any atom is -0.495 e. The first kappa shape index (κ1) is 26.2. The molecular weight excluding hydrogens is 611 g/mol. The van der Waals surface area contributed by atoms with Crippen molar-refractivity contribution in [2.24, 2.45) is 0 Å². The number of sulfone groups is 1. The van der Waals surface area contributed by atoms with Crippen LogP contribution in [0, 0.1) is 0 Å². The zero-order valence-electron chi connectivity index (χ0n) is 25.4. The van der Waals surface area contributed by atoms with Crippen molar-refractivity contribution in [3.8, 4) is 17.1 Å². The van der Waals surface area contributed by atoms with Crippen LogP contribution in [0.1, 0.15) is 55.7 Å². The second-order valence-electron chi connectivity index (χ2n) is 10.3. The second kappa shape index (κ2) is 11.0. The normalized spacial score (nSPS) is 21.5. The lowest BCUT2D eigenvalue weighted by Gasteiger charge is -2.15. The van der Waals surface area contributed by atoms with Gasteiger partial charge >= 0.3 is 0 Å². The van der Waals surface area contributed by atoms with Crippen LogP contribution >= 0.6 is 0 Å². The molecule has 1 saturated carbocycles. The van der Waals surface area contributed by atoms with Gasteiger partial charge in [0.05, 0.1) is 70.0 Å².